The average molecular weight is 239 g/mol. The minimum Gasteiger partial charge on any atom is -0.329 e. The van der Waals surface area contributed by atoms with Crippen LogP contribution in [0.5, 0.6) is 0 Å². The van der Waals surface area contributed by atoms with Crippen molar-refractivity contribution in [1.29, 1.82) is 0 Å². The van der Waals surface area contributed by atoms with Gasteiger partial charge in [-0.2, -0.15) is 0 Å². The van der Waals surface area contributed by atoms with Crippen LogP contribution in [-0.4, -0.2) is 61.9 Å². The van der Waals surface area contributed by atoms with Gasteiger partial charge in [0.1, 0.15) is 5.78 Å². The predicted molar refractivity (Wildman–Crippen MR) is 68.8 cm³/mol. The van der Waals surface area contributed by atoms with E-state index in [1.165, 1.54) is 0 Å². The highest BCUT2D eigenvalue weighted by atomic mass is 16.1. The first kappa shape index (κ1) is 13.0. The molecule has 0 aromatic carbocycles. The summed E-state index contributed by atoms with van der Waals surface area (Å²) in [6, 6.07) is 0. The molecule has 0 amide bonds. The molecule has 2 rings (SSSR count). The van der Waals surface area contributed by atoms with Crippen molar-refractivity contribution in [2.24, 2.45) is 17.6 Å². The normalized spacial score (nSPS) is 28.7. The van der Waals surface area contributed by atoms with Gasteiger partial charge in [-0.25, -0.2) is 0 Å². The fourth-order valence-electron chi connectivity index (χ4n) is 3.12. The fraction of sp³-hybridized carbons (Fsp3) is 0.923. The zero-order valence-corrected chi connectivity index (χ0v) is 10.9. The van der Waals surface area contributed by atoms with E-state index in [2.05, 4.69) is 16.8 Å². The van der Waals surface area contributed by atoms with Gasteiger partial charge in [-0.3, -0.25) is 4.79 Å². The Morgan fingerprint density at radius 1 is 1.18 bits per heavy atom. The number of carbonyl (C=O) groups is 1. The van der Waals surface area contributed by atoms with Gasteiger partial charge < -0.3 is 15.5 Å². The van der Waals surface area contributed by atoms with Gasteiger partial charge >= 0.3 is 0 Å². The topological polar surface area (TPSA) is 49.6 Å². The molecule has 0 aromatic rings. The van der Waals surface area contributed by atoms with Crippen LogP contribution < -0.4 is 5.73 Å². The Balaban J connectivity index is 1.78. The Hall–Kier alpha value is -0.450. The second kappa shape index (κ2) is 5.94. The van der Waals surface area contributed by atoms with E-state index >= 15 is 0 Å². The number of nitrogens with two attached hydrogens (primary N) is 1. The summed E-state index contributed by atoms with van der Waals surface area (Å²) in [5, 5.41) is 0. The lowest BCUT2D eigenvalue weighted by Gasteiger charge is -2.31. The number of piperidine rings is 1. The Morgan fingerprint density at radius 3 is 2.35 bits per heavy atom. The van der Waals surface area contributed by atoms with Crippen LogP contribution in [0.3, 0.4) is 0 Å². The molecule has 2 heterocycles. The number of Topliss-reactive ketones (excluding diaryl/α,β-unsaturated/α-hetero) is 1. The van der Waals surface area contributed by atoms with Crippen molar-refractivity contribution >= 4 is 5.78 Å². The molecular formula is C13H25N3O. The van der Waals surface area contributed by atoms with Crippen LogP contribution >= 0.6 is 0 Å². The van der Waals surface area contributed by atoms with E-state index in [1.807, 2.05) is 0 Å². The van der Waals surface area contributed by atoms with Crippen molar-refractivity contribution in [2.75, 3.05) is 46.3 Å². The van der Waals surface area contributed by atoms with E-state index < -0.39 is 0 Å². The molecule has 2 saturated heterocycles. The zero-order chi connectivity index (χ0) is 12.3. The molecule has 2 aliphatic heterocycles. The molecule has 0 aromatic heterocycles. The summed E-state index contributed by atoms with van der Waals surface area (Å²) >= 11 is 0. The summed E-state index contributed by atoms with van der Waals surface area (Å²) in [5.74, 6) is 1.16. The van der Waals surface area contributed by atoms with Gasteiger partial charge in [-0.05, 0) is 45.9 Å². The Bertz CT molecular complexity index is 261. The van der Waals surface area contributed by atoms with E-state index in [1.54, 1.807) is 0 Å². The second-order valence-corrected chi connectivity index (χ2v) is 5.55. The minimum absolute atomic E-state index is 0.311. The number of carbonyl (C=O) groups excluding carboxylic acids is 1. The van der Waals surface area contributed by atoms with Crippen LogP contribution in [0.1, 0.15) is 19.3 Å². The lowest BCUT2D eigenvalue weighted by atomic mass is 9.85. The van der Waals surface area contributed by atoms with Gasteiger partial charge in [0.25, 0.3) is 0 Å². The third kappa shape index (κ3) is 3.27. The van der Waals surface area contributed by atoms with Crippen molar-refractivity contribution in [3.8, 4) is 0 Å². The Morgan fingerprint density at radius 2 is 1.82 bits per heavy atom. The second-order valence-electron chi connectivity index (χ2n) is 5.55. The SMILES string of the molecule is CN1CCC(C(=O)C2CCN(CCN)CC2)C1. The van der Waals surface area contributed by atoms with Crippen LogP contribution in [0.15, 0.2) is 0 Å². The first-order chi connectivity index (χ1) is 8.20. The number of likely N-dealkylation sites (tertiary alicyclic amines) is 2. The average Bonchev–Trinajstić information content (AvgIpc) is 2.76. The van der Waals surface area contributed by atoms with Crippen LogP contribution in [0.2, 0.25) is 0 Å². The molecule has 0 spiro atoms. The summed E-state index contributed by atoms with van der Waals surface area (Å²) in [7, 11) is 2.11. The van der Waals surface area contributed by atoms with Crippen LogP contribution in [0, 0.1) is 11.8 Å². The number of hydrogen-bond acceptors (Lipinski definition) is 4. The molecule has 0 radical (unpaired) electrons. The monoisotopic (exact) mass is 239 g/mol. The van der Waals surface area contributed by atoms with Crippen LogP contribution in [0.25, 0.3) is 0 Å². The maximum Gasteiger partial charge on any atom is 0.140 e. The summed E-state index contributed by atoms with van der Waals surface area (Å²) in [5.41, 5.74) is 5.55. The molecule has 4 nitrogen and oxygen atoms in total. The number of ketones is 1. The maximum absolute atomic E-state index is 12.3. The molecule has 1 unspecified atom stereocenters. The lowest BCUT2D eigenvalue weighted by Crippen LogP contribution is -2.40. The molecule has 0 saturated carbocycles. The van der Waals surface area contributed by atoms with Crippen LogP contribution in [0.4, 0.5) is 0 Å². The van der Waals surface area contributed by atoms with Crippen LogP contribution in [-0.2, 0) is 4.79 Å². The standard InChI is InChI=1S/C13H25N3O/c1-15-6-2-12(10-15)13(17)11-3-7-16(8-4-11)9-5-14/h11-12H,2-10,14H2,1H3. The van der Waals surface area contributed by atoms with Crippen molar-refractivity contribution in [1.82, 2.24) is 9.80 Å². The van der Waals surface area contributed by atoms with Gasteiger partial charge in [0.05, 0.1) is 0 Å². The van der Waals surface area contributed by atoms with E-state index in [0.29, 0.717) is 17.6 Å². The van der Waals surface area contributed by atoms with E-state index in [0.717, 1.165) is 58.5 Å². The molecule has 0 aliphatic carbocycles. The first-order valence-corrected chi connectivity index (χ1v) is 6.85. The van der Waals surface area contributed by atoms with E-state index in [-0.39, 0.29) is 0 Å². The third-order valence-electron chi connectivity index (χ3n) is 4.23. The summed E-state index contributed by atoms with van der Waals surface area (Å²) in [6.07, 6.45) is 3.15. The highest BCUT2D eigenvalue weighted by Gasteiger charge is 2.32. The van der Waals surface area contributed by atoms with Crippen molar-refractivity contribution in [2.45, 2.75) is 19.3 Å². The summed E-state index contributed by atoms with van der Waals surface area (Å²) in [6.45, 7) is 5.87. The molecule has 17 heavy (non-hydrogen) atoms. The van der Waals surface area contributed by atoms with Gasteiger partial charge in [0.2, 0.25) is 0 Å². The lowest BCUT2D eigenvalue weighted by molar-refractivity contribution is -0.127. The smallest absolute Gasteiger partial charge is 0.140 e. The fourth-order valence-corrected chi connectivity index (χ4v) is 3.12. The predicted octanol–water partition coefficient (Wildman–Crippen LogP) is 0.178. The van der Waals surface area contributed by atoms with Crippen molar-refractivity contribution in [3.63, 3.8) is 0 Å². The van der Waals surface area contributed by atoms with E-state index in [4.69, 9.17) is 5.73 Å². The Kier molecular flexibility index (Phi) is 4.54. The van der Waals surface area contributed by atoms with Crippen molar-refractivity contribution < 1.29 is 4.79 Å². The maximum atomic E-state index is 12.3. The molecule has 4 heteroatoms. The summed E-state index contributed by atoms with van der Waals surface area (Å²) in [4.78, 5) is 17.0. The molecule has 98 valence electrons. The van der Waals surface area contributed by atoms with E-state index in [9.17, 15) is 4.79 Å². The van der Waals surface area contributed by atoms with Gasteiger partial charge in [-0.1, -0.05) is 0 Å². The Labute approximate surface area is 104 Å². The van der Waals surface area contributed by atoms with Crippen molar-refractivity contribution in [3.05, 3.63) is 0 Å². The minimum atomic E-state index is 0.311. The molecule has 2 aliphatic rings. The first-order valence-electron chi connectivity index (χ1n) is 6.85. The molecular weight excluding hydrogens is 214 g/mol. The third-order valence-corrected chi connectivity index (χ3v) is 4.23. The quantitative estimate of drug-likeness (QED) is 0.760. The van der Waals surface area contributed by atoms with Gasteiger partial charge in [0.15, 0.2) is 0 Å². The molecule has 2 fully saturated rings. The molecule has 1 atom stereocenters. The highest BCUT2D eigenvalue weighted by molar-refractivity contribution is 5.84. The largest absolute Gasteiger partial charge is 0.329 e. The van der Waals surface area contributed by atoms with Gasteiger partial charge in [-0.15, -0.1) is 0 Å². The number of nitrogens with zero attached hydrogens (tertiary/aromatic N) is 2. The molecule has 0 bridgehead atoms. The number of hydrogen-bond donors (Lipinski definition) is 1. The zero-order valence-electron chi connectivity index (χ0n) is 10.9. The highest BCUT2D eigenvalue weighted by Crippen LogP contribution is 2.25. The summed E-state index contributed by atoms with van der Waals surface area (Å²) < 4.78 is 0. The number of rotatable bonds is 4. The van der Waals surface area contributed by atoms with Gasteiger partial charge in [0, 0.05) is 31.5 Å². The molecule has 2 N–H and O–H groups in total.